The van der Waals surface area contributed by atoms with Crippen LogP contribution >= 0.6 is 11.3 Å². The predicted octanol–water partition coefficient (Wildman–Crippen LogP) is 0.935. The Morgan fingerprint density at radius 1 is 1.50 bits per heavy atom. The number of amides is 1. The number of likely N-dealkylation sites (N-methyl/N-ethyl adjacent to an activating group) is 1. The van der Waals surface area contributed by atoms with E-state index in [9.17, 15) is 9.90 Å². The molecule has 0 aliphatic carbocycles. The summed E-state index contributed by atoms with van der Waals surface area (Å²) in [5.41, 5.74) is -0.0115. The Labute approximate surface area is 111 Å². The molecule has 2 N–H and O–H groups in total. The summed E-state index contributed by atoms with van der Waals surface area (Å²) in [6.07, 6.45) is 0. The lowest BCUT2D eigenvalue weighted by Crippen LogP contribution is -2.47. The third-order valence-corrected chi connectivity index (χ3v) is 3.66. The van der Waals surface area contributed by atoms with Crippen LogP contribution in [0, 0.1) is 11.8 Å². The van der Waals surface area contributed by atoms with Gasteiger partial charge in [-0.15, -0.1) is 11.3 Å². The van der Waals surface area contributed by atoms with Crippen molar-refractivity contribution in [1.29, 1.82) is 0 Å². The van der Waals surface area contributed by atoms with E-state index in [1.807, 2.05) is 0 Å². The van der Waals surface area contributed by atoms with E-state index in [0.717, 1.165) is 0 Å². The second-order valence-electron chi connectivity index (χ2n) is 4.46. The SMILES string of the molecule is CN(C(=O)c1sccc1C#CCO)C(C)(C)CO. The lowest BCUT2D eigenvalue weighted by Gasteiger charge is -2.33. The summed E-state index contributed by atoms with van der Waals surface area (Å²) in [5, 5.41) is 19.7. The monoisotopic (exact) mass is 267 g/mol. The average molecular weight is 267 g/mol. The van der Waals surface area contributed by atoms with Crippen molar-refractivity contribution in [3.8, 4) is 11.8 Å². The van der Waals surface area contributed by atoms with E-state index >= 15 is 0 Å². The normalized spacial score (nSPS) is 10.7. The molecule has 0 aliphatic heterocycles. The van der Waals surface area contributed by atoms with Crippen molar-refractivity contribution in [2.24, 2.45) is 0 Å². The second kappa shape index (κ2) is 6.01. The molecule has 0 atom stereocenters. The standard InChI is InChI=1S/C13H17NO3S/c1-13(2,9-16)14(3)12(17)11-10(5-4-7-15)6-8-18-11/h6,8,15-16H,7,9H2,1-3H3. The molecule has 1 amide bonds. The predicted molar refractivity (Wildman–Crippen MR) is 71.5 cm³/mol. The highest BCUT2D eigenvalue weighted by atomic mass is 32.1. The molecule has 18 heavy (non-hydrogen) atoms. The van der Waals surface area contributed by atoms with Crippen molar-refractivity contribution >= 4 is 17.2 Å². The molecule has 0 unspecified atom stereocenters. The largest absolute Gasteiger partial charge is 0.394 e. The minimum Gasteiger partial charge on any atom is -0.394 e. The van der Waals surface area contributed by atoms with Crippen molar-refractivity contribution in [3.63, 3.8) is 0 Å². The zero-order valence-corrected chi connectivity index (χ0v) is 11.5. The fourth-order valence-corrected chi connectivity index (χ4v) is 2.07. The van der Waals surface area contributed by atoms with Gasteiger partial charge in [-0.25, -0.2) is 0 Å². The fraction of sp³-hybridized carbons (Fsp3) is 0.462. The summed E-state index contributed by atoms with van der Waals surface area (Å²) in [5.74, 6) is 5.10. The molecule has 4 nitrogen and oxygen atoms in total. The molecule has 0 aliphatic rings. The molecule has 0 spiro atoms. The third-order valence-electron chi connectivity index (χ3n) is 2.76. The van der Waals surface area contributed by atoms with Gasteiger partial charge < -0.3 is 15.1 Å². The van der Waals surface area contributed by atoms with Gasteiger partial charge in [0.25, 0.3) is 5.91 Å². The summed E-state index contributed by atoms with van der Waals surface area (Å²) in [6.45, 7) is 3.23. The Morgan fingerprint density at radius 3 is 2.72 bits per heavy atom. The van der Waals surface area contributed by atoms with Crippen LogP contribution in [0.5, 0.6) is 0 Å². The molecule has 1 aromatic rings. The number of aliphatic hydroxyl groups is 2. The molecular formula is C13H17NO3S. The zero-order valence-electron chi connectivity index (χ0n) is 10.7. The number of carbonyl (C=O) groups excluding carboxylic acids is 1. The summed E-state index contributed by atoms with van der Waals surface area (Å²) >= 11 is 1.31. The Balaban J connectivity index is 3.01. The summed E-state index contributed by atoms with van der Waals surface area (Å²) < 4.78 is 0. The van der Waals surface area contributed by atoms with Crippen LogP contribution in [0.15, 0.2) is 11.4 Å². The Hall–Kier alpha value is -1.35. The Bertz CT molecular complexity index is 482. The highest BCUT2D eigenvalue weighted by molar-refractivity contribution is 7.12. The van der Waals surface area contributed by atoms with Crippen molar-refractivity contribution in [3.05, 3.63) is 21.9 Å². The van der Waals surface area contributed by atoms with E-state index in [-0.39, 0.29) is 19.1 Å². The van der Waals surface area contributed by atoms with Crippen LogP contribution in [0.25, 0.3) is 0 Å². The molecule has 98 valence electrons. The first kappa shape index (κ1) is 14.7. The van der Waals surface area contributed by atoms with Gasteiger partial charge in [0.1, 0.15) is 11.5 Å². The maximum atomic E-state index is 12.3. The van der Waals surface area contributed by atoms with Gasteiger partial charge in [-0.2, -0.15) is 0 Å². The number of hydrogen-bond donors (Lipinski definition) is 2. The maximum absolute atomic E-state index is 12.3. The first-order valence-electron chi connectivity index (χ1n) is 5.50. The van der Waals surface area contributed by atoms with Crippen molar-refractivity contribution in [2.75, 3.05) is 20.3 Å². The fourth-order valence-electron chi connectivity index (χ4n) is 1.24. The number of nitrogens with zero attached hydrogens (tertiary/aromatic N) is 1. The van der Waals surface area contributed by atoms with Crippen LogP contribution in [-0.4, -0.2) is 46.8 Å². The Morgan fingerprint density at radius 2 is 2.17 bits per heavy atom. The number of hydrogen-bond acceptors (Lipinski definition) is 4. The smallest absolute Gasteiger partial charge is 0.265 e. The molecule has 1 rings (SSSR count). The first-order chi connectivity index (χ1) is 8.44. The van der Waals surface area contributed by atoms with Crippen LogP contribution in [0.1, 0.15) is 29.1 Å². The molecule has 0 saturated heterocycles. The molecule has 0 radical (unpaired) electrons. The molecule has 1 heterocycles. The van der Waals surface area contributed by atoms with Crippen molar-refractivity contribution in [1.82, 2.24) is 4.90 Å². The van der Waals surface area contributed by atoms with Gasteiger partial charge >= 0.3 is 0 Å². The first-order valence-corrected chi connectivity index (χ1v) is 6.38. The lowest BCUT2D eigenvalue weighted by molar-refractivity contribution is 0.0477. The highest BCUT2D eigenvalue weighted by Gasteiger charge is 2.29. The van der Waals surface area contributed by atoms with E-state index < -0.39 is 5.54 Å². The number of aliphatic hydroxyl groups excluding tert-OH is 2. The minimum absolute atomic E-state index is 0.113. The number of carbonyl (C=O) groups is 1. The van der Waals surface area contributed by atoms with E-state index in [1.165, 1.54) is 16.2 Å². The highest BCUT2D eigenvalue weighted by Crippen LogP contribution is 2.21. The van der Waals surface area contributed by atoms with E-state index in [2.05, 4.69) is 11.8 Å². The topological polar surface area (TPSA) is 60.8 Å². The van der Waals surface area contributed by atoms with Gasteiger partial charge in [0.15, 0.2) is 0 Å². The average Bonchev–Trinajstić information content (AvgIpc) is 2.82. The summed E-state index contributed by atoms with van der Waals surface area (Å²) in [4.78, 5) is 14.3. The van der Waals surface area contributed by atoms with Gasteiger partial charge in [0, 0.05) is 12.6 Å². The van der Waals surface area contributed by atoms with Crippen LogP contribution in [0.4, 0.5) is 0 Å². The lowest BCUT2D eigenvalue weighted by atomic mass is 10.0. The van der Waals surface area contributed by atoms with Gasteiger partial charge in [-0.1, -0.05) is 11.8 Å². The van der Waals surface area contributed by atoms with E-state index in [0.29, 0.717) is 10.4 Å². The van der Waals surface area contributed by atoms with E-state index in [4.69, 9.17) is 5.11 Å². The van der Waals surface area contributed by atoms with Gasteiger partial charge in [0.2, 0.25) is 0 Å². The quantitative estimate of drug-likeness (QED) is 0.801. The minimum atomic E-state index is -0.622. The zero-order chi connectivity index (χ0) is 13.8. The molecule has 0 aromatic carbocycles. The van der Waals surface area contributed by atoms with Crippen LogP contribution < -0.4 is 0 Å². The number of rotatable bonds is 3. The molecule has 5 heteroatoms. The Kier molecular flexibility index (Phi) is 4.91. The summed E-state index contributed by atoms with van der Waals surface area (Å²) in [6, 6.07) is 1.75. The van der Waals surface area contributed by atoms with Crippen molar-refractivity contribution < 1.29 is 15.0 Å². The molecular weight excluding hydrogens is 250 g/mol. The third kappa shape index (κ3) is 3.10. The molecule has 0 saturated carbocycles. The summed E-state index contributed by atoms with van der Waals surface area (Å²) in [7, 11) is 1.65. The maximum Gasteiger partial charge on any atom is 0.265 e. The van der Waals surface area contributed by atoms with Crippen LogP contribution in [0.3, 0.4) is 0 Å². The van der Waals surface area contributed by atoms with Gasteiger partial charge in [-0.05, 0) is 25.3 Å². The van der Waals surface area contributed by atoms with Gasteiger partial charge in [0.05, 0.1) is 12.1 Å². The van der Waals surface area contributed by atoms with Crippen molar-refractivity contribution in [2.45, 2.75) is 19.4 Å². The van der Waals surface area contributed by atoms with Crippen LogP contribution in [-0.2, 0) is 0 Å². The molecule has 0 fully saturated rings. The van der Waals surface area contributed by atoms with E-state index in [1.54, 1.807) is 32.3 Å². The molecule has 0 bridgehead atoms. The number of thiophene rings is 1. The second-order valence-corrected chi connectivity index (χ2v) is 5.37. The van der Waals surface area contributed by atoms with Crippen LogP contribution in [0.2, 0.25) is 0 Å². The van der Waals surface area contributed by atoms with Gasteiger partial charge in [-0.3, -0.25) is 4.79 Å². The molecule has 1 aromatic heterocycles.